The quantitative estimate of drug-likeness (QED) is 0.275. The van der Waals surface area contributed by atoms with Crippen molar-refractivity contribution in [2.75, 3.05) is 0 Å². The van der Waals surface area contributed by atoms with Gasteiger partial charge in [-0.1, -0.05) is 72.8 Å². The third-order valence-corrected chi connectivity index (χ3v) is 5.91. The van der Waals surface area contributed by atoms with Gasteiger partial charge in [-0.05, 0) is 71.9 Å². The number of benzene rings is 4. The highest BCUT2D eigenvalue weighted by Gasteiger charge is 2.13. The van der Waals surface area contributed by atoms with E-state index in [9.17, 15) is 0 Å². The van der Waals surface area contributed by atoms with Gasteiger partial charge in [0.15, 0.2) is 0 Å². The lowest BCUT2D eigenvalue weighted by Gasteiger charge is -2.14. The largest absolute Gasteiger partial charge is 0.265 e. The van der Waals surface area contributed by atoms with Crippen LogP contribution < -0.4 is 0 Å². The van der Waals surface area contributed by atoms with Crippen LogP contribution in [-0.4, -0.2) is 4.98 Å². The highest BCUT2D eigenvalue weighted by molar-refractivity contribution is 9.10. The Bertz CT molecular complexity index is 1200. The average Bonchev–Trinajstić information content (AvgIpc) is 2.75. The Morgan fingerprint density at radius 3 is 1.48 bits per heavy atom. The molecule has 0 aliphatic heterocycles. The van der Waals surface area contributed by atoms with Crippen molar-refractivity contribution < 1.29 is 0 Å². The van der Waals surface area contributed by atoms with E-state index in [1.165, 1.54) is 43.8 Å². The van der Waals surface area contributed by atoms with Gasteiger partial charge in [-0.2, -0.15) is 0 Å². The molecule has 4 aromatic carbocycles. The van der Waals surface area contributed by atoms with Crippen LogP contribution in [-0.2, 0) is 0 Å². The zero-order valence-corrected chi connectivity index (χ0v) is 16.1. The first-order valence-electron chi connectivity index (χ1n) is 8.93. The second kappa shape index (κ2) is 6.64. The normalized spacial score (nSPS) is 11.1. The van der Waals surface area contributed by atoms with E-state index in [0.717, 1.165) is 4.47 Å². The van der Waals surface area contributed by atoms with E-state index < -0.39 is 0 Å². The Kier molecular flexibility index (Phi) is 3.99. The Labute approximate surface area is 166 Å². The lowest BCUT2D eigenvalue weighted by Crippen LogP contribution is -1.88. The Hall–Kier alpha value is -2.97. The van der Waals surface area contributed by atoms with E-state index in [1.807, 2.05) is 24.5 Å². The van der Waals surface area contributed by atoms with E-state index in [0.29, 0.717) is 0 Å². The number of hydrogen-bond acceptors (Lipinski definition) is 1. The molecule has 0 fully saturated rings. The number of halogens is 1. The molecule has 1 aromatic heterocycles. The van der Waals surface area contributed by atoms with Crippen LogP contribution in [0.4, 0.5) is 0 Å². The topological polar surface area (TPSA) is 12.9 Å². The molecule has 0 saturated carbocycles. The molecule has 0 saturated heterocycles. The second-order valence-corrected chi connectivity index (χ2v) is 7.39. The van der Waals surface area contributed by atoms with Crippen molar-refractivity contribution in [2.45, 2.75) is 0 Å². The van der Waals surface area contributed by atoms with Crippen LogP contribution in [0, 0.1) is 0 Å². The maximum atomic E-state index is 4.11. The molecule has 0 bridgehead atoms. The molecule has 5 aromatic rings. The van der Waals surface area contributed by atoms with E-state index in [1.54, 1.807) is 0 Å². The molecule has 128 valence electrons. The molecule has 0 N–H and O–H groups in total. The molecule has 0 aliphatic carbocycles. The molecular formula is C25H16BrN. The number of rotatable bonds is 2. The fourth-order valence-electron chi connectivity index (χ4n) is 3.76. The van der Waals surface area contributed by atoms with E-state index >= 15 is 0 Å². The summed E-state index contributed by atoms with van der Waals surface area (Å²) in [6, 6.07) is 30.1. The summed E-state index contributed by atoms with van der Waals surface area (Å²) in [6.07, 6.45) is 3.66. The molecule has 1 heterocycles. The molecule has 27 heavy (non-hydrogen) atoms. The summed E-state index contributed by atoms with van der Waals surface area (Å²) in [7, 11) is 0. The highest BCUT2D eigenvalue weighted by Crippen LogP contribution is 2.41. The summed E-state index contributed by atoms with van der Waals surface area (Å²) in [5, 5.41) is 5.01. The van der Waals surface area contributed by atoms with Gasteiger partial charge in [0.1, 0.15) is 0 Å². The first-order chi connectivity index (χ1) is 13.3. The molecule has 0 spiro atoms. The predicted molar refractivity (Wildman–Crippen MR) is 118 cm³/mol. The van der Waals surface area contributed by atoms with E-state index in [4.69, 9.17) is 0 Å². The van der Waals surface area contributed by atoms with Crippen LogP contribution in [0.5, 0.6) is 0 Å². The molecule has 0 unspecified atom stereocenters. The number of aromatic nitrogens is 1. The van der Waals surface area contributed by atoms with Crippen molar-refractivity contribution in [1.82, 2.24) is 4.98 Å². The summed E-state index contributed by atoms with van der Waals surface area (Å²) in [4.78, 5) is 4.11. The first kappa shape index (κ1) is 16.2. The van der Waals surface area contributed by atoms with Gasteiger partial charge in [-0.15, -0.1) is 0 Å². The van der Waals surface area contributed by atoms with Gasteiger partial charge in [0, 0.05) is 16.9 Å². The summed E-state index contributed by atoms with van der Waals surface area (Å²) < 4.78 is 1.16. The zero-order valence-electron chi connectivity index (χ0n) is 14.6. The average molecular weight is 410 g/mol. The molecule has 2 heteroatoms. The third-order valence-electron chi connectivity index (χ3n) is 5.05. The van der Waals surface area contributed by atoms with Crippen molar-refractivity contribution in [3.05, 3.63) is 102 Å². The Morgan fingerprint density at radius 1 is 0.481 bits per heavy atom. The molecule has 0 radical (unpaired) electrons. The van der Waals surface area contributed by atoms with Crippen molar-refractivity contribution >= 4 is 37.5 Å². The summed E-state index contributed by atoms with van der Waals surface area (Å²) in [5.41, 5.74) is 4.90. The predicted octanol–water partition coefficient (Wildman–Crippen LogP) is 7.48. The summed E-state index contributed by atoms with van der Waals surface area (Å²) >= 11 is 3.83. The van der Waals surface area contributed by atoms with Crippen LogP contribution in [0.15, 0.2) is 102 Å². The number of pyridine rings is 1. The van der Waals surface area contributed by atoms with Gasteiger partial charge in [0.05, 0.1) is 0 Å². The summed E-state index contributed by atoms with van der Waals surface area (Å²) in [6.45, 7) is 0. The van der Waals surface area contributed by atoms with E-state index in [2.05, 4.69) is 93.7 Å². The minimum Gasteiger partial charge on any atom is -0.265 e. The van der Waals surface area contributed by atoms with Gasteiger partial charge in [0.2, 0.25) is 0 Å². The maximum absolute atomic E-state index is 4.11. The van der Waals surface area contributed by atoms with Crippen LogP contribution in [0.25, 0.3) is 43.8 Å². The lowest BCUT2D eigenvalue weighted by molar-refractivity contribution is 1.33. The van der Waals surface area contributed by atoms with Gasteiger partial charge in [-0.25, -0.2) is 0 Å². The molecule has 0 aliphatic rings. The molecule has 5 rings (SSSR count). The molecule has 0 amide bonds. The Morgan fingerprint density at radius 2 is 0.926 bits per heavy atom. The van der Waals surface area contributed by atoms with E-state index in [-0.39, 0.29) is 0 Å². The molecular weight excluding hydrogens is 394 g/mol. The SMILES string of the molecule is Brc1c2ccccc2c(-c2ccc(-c3ccncc3)cc2)c2ccccc12. The second-order valence-electron chi connectivity index (χ2n) is 6.59. The van der Waals surface area contributed by atoms with Crippen molar-refractivity contribution in [1.29, 1.82) is 0 Å². The van der Waals surface area contributed by atoms with Crippen LogP contribution in [0.3, 0.4) is 0 Å². The van der Waals surface area contributed by atoms with Crippen LogP contribution in [0.2, 0.25) is 0 Å². The fraction of sp³-hybridized carbons (Fsp3) is 0. The first-order valence-corrected chi connectivity index (χ1v) is 9.72. The monoisotopic (exact) mass is 409 g/mol. The maximum Gasteiger partial charge on any atom is 0.0332 e. The van der Waals surface area contributed by atoms with Crippen molar-refractivity contribution in [3.63, 3.8) is 0 Å². The third kappa shape index (κ3) is 2.73. The minimum atomic E-state index is 1.16. The van der Waals surface area contributed by atoms with Crippen LogP contribution in [0.1, 0.15) is 0 Å². The van der Waals surface area contributed by atoms with Gasteiger partial charge in [0.25, 0.3) is 0 Å². The number of fused-ring (bicyclic) bond motifs is 2. The summed E-state index contributed by atoms with van der Waals surface area (Å²) in [5.74, 6) is 0. The molecule has 0 atom stereocenters. The van der Waals surface area contributed by atoms with Gasteiger partial charge >= 0.3 is 0 Å². The smallest absolute Gasteiger partial charge is 0.0332 e. The van der Waals surface area contributed by atoms with Crippen LogP contribution >= 0.6 is 15.9 Å². The number of nitrogens with zero attached hydrogens (tertiary/aromatic N) is 1. The Balaban J connectivity index is 1.78. The zero-order chi connectivity index (χ0) is 18.2. The fourth-order valence-corrected chi connectivity index (χ4v) is 4.45. The van der Waals surface area contributed by atoms with Gasteiger partial charge < -0.3 is 0 Å². The van der Waals surface area contributed by atoms with Gasteiger partial charge in [-0.3, -0.25) is 4.98 Å². The standard InChI is InChI=1S/C25H16BrN/c26-25-22-7-3-1-5-20(22)24(21-6-2-4-8-23(21)25)19-11-9-17(10-12-19)18-13-15-27-16-14-18/h1-16H. The lowest BCUT2D eigenvalue weighted by atomic mass is 9.91. The number of hydrogen-bond donors (Lipinski definition) is 0. The van der Waals surface area contributed by atoms with Crippen molar-refractivity contribution in [3.8, 4) is 22.3 Å². The van der Waals surface area contributed by atoms with Crippen molar-refractivity contribution in [2.24, 2.45) is 0 Å². The highest BCUT2D eigenvalue weighted by atomic mass is 79.9. The minimum absolute atomic E-state index is 1.16. The molecule has 1 nitrogen and oxygen atoms in total.